The molecule has 5 nitrogen and oxygen atoms in total. The van der Waals surface area contributed by atoms with Crippen molar-refractivity contribution in [2.45, 2.75) is 24.9 Å². The zero-order valence-corrected chi connectivity index (χ0v) is 16.9. The summed E-state index contributed by atoms with van der Waals surface area (Å²) in [7, 11) is 0. The van der Waals surface area contributed by atoms with Crippen LogP contribution in [0.5, 0.6) is 0 Å². The highest BCUT2D eigenvalue weighted by atomic mass is 32.2. The van der Waals surface area contributed by atoms with Gasteiger partial charge in [0, 0.05) is 5.56 Å². The van der Waals surface area contributed by atoms with Gasteiger partial charge in [-0.25, -0.2) is 0 Å². The molecule has 6 heteroatoms. The highest BCUT2D eigenvalue weighted by molar-refractivity contribution is 8.00. The molecule has 29 heavy (non-hydrogen) atoms. The van der Waals surface area contributed by atoms with E-state index in [1.165, 1.54) is 0 Å². The number of hydrogen-bond acceptors (Lipinski definition) is 4. The van der Waals surface area contributed by atoms with Crippen LogP contribution in [-0.4, -0.2) is 22.5 Å². The number of nitrogens with zero attached hydrogens (tertiary/aromatic N) is 1. The molecule has 1 aromatic heterocycles. The fourth-order valence-corrected chi connectivity index (χ4v) is 4.56. The molecule has 2 amide bonds. The second-order valence-electron chi connectivity index (χ2n) is 6.99. The zero-order chi connectivity index (χ0) is 20.2. The average Bonchev–Trinajstić information content (AvgIpc) is 3.39. The largest absolute Gasteiger partial charge is 0.467 e. The summed E-state index contributed by atoms with van der Waals surface area (Å²) in [4.78, 5) is 26.7. The van der Waals surface area contributed by atoms with Crippen LogP contribution in [0.3, 0.4) is 0 Å². The number of nitrogens with one attached hydrogen (secondary N) is 1. The van der Waals surface area contributed by atoms with E-state index in [9.17, 15) is 9.59 Å². The Morgan fingerprint density at radius 3 is 2.59 bits per heavy atom. The fourth-order valence-electron chi connectivity index (χ4n) is 3.38. The molecule has 2 heterocycles. The minimum atomic E-state index is -0.115. The van der Waals surface area contributed by atoms with Gasteiger partial charge in [0.05, 0.1) is 24.6 Å². The Labute approximate surface area is 174 Å². The van der Waals surface area contributed by atoms with Crippen LogP contribution in [-0.2, 0) is 11.3 Å². The molecular formula is C23H22N2O3S. The molecule has 0 aliphatic carbocycles. The van der Waals surface area contributed by atoms with Gasteiger partial charge in [-0.3, -0.25) is 9.59 Å². The standard InChI is InChI=1S/C23H22N2O3S/c1-16(17-6-3-2-4-7-17)24-22(27)18-9-11-19(12-10-18)23-25(21(26)15-29-23)14-20-8-5-13-28-20/h2-13,16,23H,14-15H2,1H3,(H,24,27)/t16-,23+/m0/s1. The highest BCUT2D eigenvalue weighted by Crippen LogP contribution is 2.39. The number of hydrogen-bond donors (Lipinski definition) is 1. The first-order valence-electron chi connectivity index (χ1n) is 9.51. The van der Waals surface area contributed by atoms with Gasteiger partial charge in [0.25, 0.3) is 5.91 Å². The van der Waals surface area contributed by atoms with E-state index < -0.39 is 0 Å². The number of carbonyl (C=O) groups excluding carboxylic acids is 2. The van der Waals surface area contributed by atoms with Crippen LogP contribution >= 0.6 is 11.8 Å². The fraction of sp³-hybridized carbons (Fsp3) is 0.217. The molecule has 1 saturated heterocycles. The van der Waals surface area contributed by atoms with E-state index in [0.717, 1.165) is 16.9 Å². The molecule has 1 aliphatic rings. The van der Waals surface area contributed by atoms with Gasteiger partial charge < -0.3 is 14.6 Å². The van der Waals surface area contributed by atoms with Crippen molar-refractivity contribution in [3.8, 4) is 0 Å². The molecule has 0 radical (unpaired) electrons. The number of benzene rings is 2. The van der Waals surface area contributed by atoms with Gasteiger partial charge >= 0.3 is 0 Å². The normalized spacial score (nSPS) is 17.3. The van der Waals surface area contributed by atoms with Crippen LogP contribution in [0, 0.1) is 0 Å². The molecule has 1 aliphatic heterocycles. The smallest absolute Gasteiger partial charge is 0.251 e. The van der Waals surface area contributed by atoms with Crippen LogP contribution in [0.25, 0.3) is 0 Å². The first-order chi connectivity index (χ1) is 14.1. The van der Waals surface area contributed by atoms with Crippen LogP contribution < -0.4 is 5.32 Å². The van der Waals surface area contributed by atoms with Gasteiger partial charge in [-0.15, -0.1) is 11.8 Å². The molecule has 148 valence electrons. The Morgan fingerprint density at radius 2 is 1.90 bits per heavy atom. The molecule has 0 bridgehead atoms. The Hall–Kier alpha value is -2.99. The molecule has 0 spiro atoms. The monoisotopic (exact) mass is 406 g/mol. The molecule has 2 atom stereocenters. The second kappa shape index (κ2) is 8.57. The summed E-state index contributed by atoms with van der Waals surface area (Å²) in [5, 5.41) is 2.95. The molecule has 1 fully saturated rings. The number of furan rings is 1. The molecule has 0 unspecified atom stereocenters. The van der Waals surface area contributed by atoms with Crippen molar-refractivity contribution in [2.24, 2.45) is 0 Å². The van der Waals surface area contributed by atoms with Gasteiger partial charge in [-0.1, -0.05) is 42.5 Å². The Bertz CT molecular complexity index is 971. The van der Waals surface area contributed by atoms with Crippen molar-refractivity contribution in [3.63, 3.8) is 0 Å². The van der Waals surface area contributed by atoms with Gasteiger partial charge in [0.1, 0.15) is 11.1 Å². The van der Waals surface area contributed by atoms with Crippen LogP contribution in [0.2, 0.25) is 0 Å². The van der Waals surface area contributed by atoms with Crippen LogP contribution in [0.15, 0.2) is 77.4 Å². The average molecular weight is 407 g/mol. The van der Waals surface area contributed by atoms with E-state index >= 15 is 0 Å². The lowest BCUT2D eigenvalue weighted by Crippen LogP contribution is -2.28. The summed E-state index contributed by atoms with van der Waals surface area (Å²) in [6.07, 6.45) is 1.61. The minimum Gasteiger partial charge on any atom is -0.467 e. The predicted octanol–water partition coefficient (Wildman–Crippen LogP) is 4.54. The van der Waals surface area contributed by atoms with Crippen molar-refractivity contribution < 1.29 is 14.0 Å². The third-order valence-electron chi connectivity index (χ3n) is 4.98. The van der Waals surface area contributed by atoms with Crippen molar-refractivity contribution in [1.29, 1.82) is 0 Å². The maximum absolute atomic E-state index is 12.6. The number of rotatable bonds is 6. The van der Waals surface area contributed by atoms with Crippen LogP contribution in [0.4, 0.5) is 0 Å². The Morgan fingerprint density at radius 1 is 1.14 bits per heavy atom. The van der Waals surface area contributed by atoms with Gasteiger partial charge in [-0.2, -0.15) is 0 Å². The van der Waals surface area contributed by atoms with E-state index in [0.29, 0.717) is 17.9 Å². The Kier molecular flexibility index (Phi) is 5.71. The lowest BCUT2D eigenvalue weighted by molar-refractivity contribution is -0.128. The first-order valence-corrected chi connectivity index (χ1v) is 10.6. The molecule has 1 N–H and O–H groups in total. The molecule has 3 aromatic rings. The number of thioether (sulfide) groups is 1. The van der Waals surface area contributed by atoms with Gasteiger partial charge in [0.15, 0.2) is 0 Å². The second-order valence-corrected chi connectivity index (χ2v) is 8.06. The first kappa shape index (κ1) is 19.3. The lowest BCUT2D eigenvalue weighted by atomic mass is 10.1. The van der Waals surface area contributed by atoms with E-state index in [-0.39, 0.29) is 23.2 Å². The van der Waals surface area contributed by atoms with Crippen LogP contribution in [0.1, 0.15) is 45.6 Å². The highest BCUT2D eigenvalue weighted by Gasteiger charge is 2.33. The number of carbonyl (C=O) groups is 2. The summed E-state index contributed by atoms with van der Waals surface area (Å²) < 4.78 is 5.40. The molecule has 0 saturated carbocycles. The maximum atomic E-state index is 12.6. The van der Waals surface area contributed by atoms with E-state index in [2.05, 4.69) is 5.32 Å². The maximum Gasteiger partial charge on any atom is 0.251 e. The lowest BCUT2D eigenvalue weighted by Gasteiger charge is -2.23. The number of amides is 2. The van der Waals surface area contributed by atoms with Gasteiger partial charge in [-0.05, 0) is 42.3 Å². The van der Waals surface area contributed by atoms with Crippen molar-refractivity contribution >= 4 is 23.6 Å². The van der Waals surface area contributed by atoms with Crippen molar-refractivity contribution in [2.75, 3.05) is 5.75 Å². The SMILES string of the molecule is C[C@H](NC(=O)c1ccc([C@H]2SCC(=O)N2Cc2ccco2)cc1)c1ccccc1. The summed E-state index contributed by atoms with van der Waals surface area (Å²) in [5.41, 5.74) is 2.66. The summed E-state index contributed by atoms with van der Waals surface area (Å²) >= 11 is 1.59. The summed E-state index contributed by atoms with van der Waals surface area (Å²) in [6, 6.07) is 21.0. The molecule has 2 aromatic carbocycles. The third kappa shape index (κ3) is 4.38. The van der Waals surface area contributed by atoms with E-state index in [1.807, 2.05) is 78.6 Å². The van der Waals surface area contributed by atoms with E-state index in [1.54, 1.807) is 18.0 Å². The summed E-state index contributed by atoms with van der Waals surface area (Å²) in [5.74, 6) is 1.18. The summed E-state index contributed by atoms with van der Waals surface area (Å²) in [6.45, 7) is 2.41. The van der Waals surface area contributed by atoms with E-state index in [4.69, 9.17) is 4.42 Å². The molecule has 4 rings (SSSR count). The van der Waals surface area contributed by atoms with Crippen molar-refractivity contribution in [1.82, 2.24) is 10.2 Å². The predicted molar refractivity (Wildman–Crippen MR) is 113 cm³/mol. The van der Waals surface area contributed by atoms with Gasteiger partial charge in [0.2, 0.25) is 5.91 Å². The quantitative estimate of drug-likeness (QED) is 0.653. The minimum absolute atomic E-state index is 0.0739. The zero-order valence-electron chi connectivity index (χ0n) is 16.1. The third-order valence-corrected chi connectivity index (χ3v) is 6.24. The molecular weight excluding hydrogens is 384 g/mol. The topological polar surface area (TPSA) is 62.6 Å². The van der Waals surface area contributed by atoms with Crippen molar-refractivity contribution in [3.05, 3.63) is 95.4 Å². The Balaban J connectivity index is 1.44.